The highest BCUT2D eigenvalue weighted by atomic mass is 35.6. The Kier molecular flexibility index (Phi) is 10.3. The van der Waals surface area contributed by atoms with Crippen LogP contribution in [-0.4, -0.2) is 66.7 Å². The molecule has 0 bridgehead atoms. The van der Waals surface area contributed by atoms with E-state index in [1.54, 1.807) is 0 Å². The third-order valence-corrected chi connectivity index (χ3v) is 6.67. The third-order valence-electron chi connectivity index (χ3n) is 6.35. The minimum atomic E-state index is -1.75. The van der Waals surface area contributed by atoms with Crippen molar-refractivity contribution in [3.63, 3.8) is 0 Å². The molecular formula is C28H28Cl3NO8. The van der Waals surface area contributed by atoms with Gasteiger partial charge in [0.25, 0.3) is 0 Å². The van der Waals surface area contributed by atoms with Gasteiger partial charge in [0.1, 0.15) is 25.9 Å². The van der Waals surface area contributed by atoms with E-state index in [2.05, 4.69) is 11.9 Å². The molecule has 0 spiro atoms. The molecule has 2 aliphatic rings. The first-order valence-corrected chi connectivity index (χ1v) is 13.7. The highest BCUT2D eigenvalue weighted by molar-refractivity contribution is 6.67. The number of ether oxygens (including phenoxy) is 5. The van der Waals surface area contributed by atoms with E-state index in [4.69, 9.17) is 58.5 Å². The maximum Gasteiger partial charge on any atom is 0.407 e. The fourth-order valence-electron chi connectivity index (χ4n) is 4.55. The molecular weight excluding hydrogens is 585 g/mol. The summed E-state index contributed by atoms with van der Waals surface area (Å²) in [6.07, 6.45) is -0.961. The van der Waals surface area contributed by atoms with Crippen molar-refractivity contribution in [2.24, 2.45) is 0 Å². The van der Waals surface area contributed by atoms with Gasteiger partial charge in [-0.05, 0) is 28.7 Å². The Labute approximate surface area is 246 Å². The summed E-state index contributed by atoms with van der Waals surface area (Å²) in [5.41, 5.74) is 4.33. The van der Waals surface area contributed by atoms with Gasteiger partial charge < -0.3 is 29.0 Å². The van der Waals surface area contributed by atoms with Crippen LogP contribution in [0.4, 0.5) is 4.79 Å². The Morgan fingerprint density at radius 2 is 1.68 bits per heavy atom. The highest BCUT2D eigenvalue weighted by Gasteiger charge is 2.36. The number of nitrogens with one attached hydrogen (secondary N) is 1. The zero-order valence-corrected chi connectivity index (χ0v) is 23.6. The second-order valence-electron chi connectivity index (χ2n) is 9.13. The lowest BCUT2D eigenvalue weighted by Crippen LogP contribution is -2.43. The monoisotopic (exact) mass is 611 g/mol. The molecule has 2 unspecified atom stereocenters. The van der Waals surface area contributed by atoms with Crippen LogP contribution >= 0.6 is 34.8 Å². The number of hydrogen-bond donors (Lipinski definition) is 1. The largest absolute Gasteiger partial charge is 0.460 e. The predicted octanol–water partition coefficient (Wildman–Crippen LogP) is 5.06. The Balaban J connectivity index is 1.32. The van der Waals surface area contributed by atoms with Gasteiger partial charge in [-0.1, -0.05) is 96.0 Å². The van der Waals surface area contributed by atoms with E-state index < -0.39 is 46.9 Å². The van der Waals surface area contributed by atoms with E-state index in [0.717, 1.165) is 22.3 Å². The van der Waals surface area contributed by atoms with Crippen molar-refractivity contribution in [1.82, 2.24) is 5.32 Å². The molecule has 0 aromatic heterocycles. The van der Waals surface area contributed by atoms with E-state index in [1.165, 1.54) is 6.08 Å². The van der Waals surface area contributed by atoms with Crippen molar-refractivity contribution < 1.29 is 38.1 Å². The van der Waals surface area contributed by atoms with E-state index in [-0.39, 0.29) is 38.6 Å². The Morgan fingerprint density at radius 3 is 2.30 bits per heavy atom. The number of amides is 1. The normalized spacial score (nSPS) is 18.8. The fraction of sp³-hybridized carbons (Fsp3) is 0.393. The van der Waals surface area contributed by atoms with Gasteiger partial charge in [0.05, 0.1) is 6.61 Å². The van der Waals surface area contributed by atoms with Crippen molar-refractivity contribution in [2.75, 3.05) is 26.4 Å². The molecule has 12 heteroatoms. The lowest BCUT2D eigenvalue weighted by molar-refractivity contribution is -0.157. The zero-order valence-electron chi connectivity index (χ0n) is 21.4. The maximum atomic E-state index is 12.8. The van der Waals surface area contributed by atoms with Crippen molar-refractivity contribution in [1.29, 1.82) is 0 Å². The number of rotatable bonds is 11. The summed E-state index contributed by atoms with van der Waals surface area (Å²) in [5, 5.41) is 2.58. The van der Waals surface area contributed by atoms with E-state index in [0.29, 0.717) is 0 Å². The molecule has 2 aromatic rings. The standard InChI is InChI=1S/C28H28Cl3NO8/c1-2-13-36-25(33)22(11-12-24-37-15-23(40-24)26(34)39-16-28(29,30)31)32-27(35)38-14-21-19-9-5-3-7-17(19)18-8-4-6-10-20(18)21/h2-10,21-24H,1,11-16H2,(H,32,35)/t22-,23?,24?/m0/s1. The van der Waals surface area contributed by atoms with Crippen LogP contribution in [-0.2, 0) is 33.3 Å². The van der Waals surface area contributed by atoms with Gasteiger partial charge in [0.15, 0.2) is 12.4 Å². The average molecular weight is 613 g/mol. The van der Waals surface area contributed by atoms with Gasteiger partial charge in [-0.25, -0.2) is 14.4 Å². The molecule has 4 rings (SSSR count). The summed E-state index contributed by atoms with van der Waals surface area (Å²) in [4.78, 5) is 37.6. The predicted molar refractivity (Wildman–Crippen MR) is 148 cm³/mol. The number of hydrogen-bond acceptors (Lipinski definition) is 8. The Bertz CT molecular complexity index is 1190. The van der Waals surface area contributed by atoms with Gasteiger partial charge in [0.2, 0.25) is 3.79 Å². The van der Waals surface area contributed by atoms with Gasteiger partial charge in [-0.15, -0.1) is 0 Å². The molecule has 214 valence electrons. The van der Waals surface area contributed by atoms with Crippen LogP contribution in [0.5, 0.6) is 0 Å². The summed E-state index contributed by atoms with van der Waals surface area (Å²) in [6, 6.07) is 14.9. The SMILES string of the molecule is C=CCOC(=O)[C@H](CCC1OCC(C(=O)OCC(Cl)(Cl)Cl)O1)NC(=O)OCC1c2ccccc2-c2ccccc21. The minimum absolute atomic E-state index is 0.0325. The molecule has 40 heavy (non-hydrogen) atoms. The van der Waals surface area contributed by atoms with E-state index in [1.807, 2.05) is 48.5 Å². The molecule has 3 atom stereocenters. The summed E-state index contributed by atoms with van der Waals surface area (Å²) in [7, 11) is 0. The van der Waals surface area contributed by atoms with E-state index >= 15 is 0 Å². The van der Waals surface area contributed by atoms with Crippen LogP contribution in [0.2, 0.25) is 0 Å². The number of benzene rings is 2. The summed E-state index contributed by atoms with van der Waals surface area (Å²) >= 11 is 16.8. The second-order valence-corrected chi connectivity index (χ2v) is 11.6. The van der Waals surface area contributed by atoms with Crippen LogP contribution in [0.15, 0.2) is 61.2 Å². The van der Waals surface area contributed by atoms with Crippen molar-refractivity contribution in [3.05, 3.63) is 72.3 Å². The second kappa shape index (κ2) is 13.7. The number of halogens is 3. The molecule has 1 fully saturated rings. The molecule has 1 heterocycles. The number of carbonyl (C=O) groups excluding carboxylic acids is 3. The third kappa shape index (κ3) is 7.89. The van der Waals surface area contributed by atoms with E-state index in [9.17, 15) is 14.4 Å². The first-order valence-electron chi connectivity index (χ1n) is 12.6. The van der Waals surface area contributed by atoms with Gasteiger partial charge >= 0.3 is 18.0 Å². The lowest BCUT2D eigenvalue weighted by Gasteiger charge is -2.20. The smallest absolute Gasteiger partial charge is 0.407 e. The first kappa shape index (κ1) is 30.1. The van der Waals surface area contributed by atoms with Crippen molar-refractivity contribution >= 4 is 52.8 Å². The van der Waals surface area contributed by atoms with Crippen LogP contribution in [0.3, 0.4) is 0 Å². The minimum Gasteiger partial charge on any atom is -0.460 e. The number of esters is 2. The zero-order chi connectivity index (χ0) is 28.7. The van der Waals surface area contributed by atoms with Gasteiger partial charge in [-0.2, -0.15) is 0 Å². The molecule has 1 amide bonds. The Morgan fingerprint density at radius 1 is 1.02 bits per heavy atom. The van der Waals surface area contributed by atoms with Crippen LogP contribution in [0.25, 0.3) is 11.1 Å². The van der Waals surface area contributed by atoms with Gasteiger partial charge in [-0.3, -0.25) is 0 Å². The number of alkyl halides is 3. The van der Waals surface area contributed by atoms with Crippen molar-refractivity contribution in [2.45, 2.75) is 41.0 Å². The summed E-state index contributed by atoms with van der Waals surface area (Å²) in [6.45, 7) is 3.06. The highest BCUT2D eigenvalue weighted by Crippen LogP contribution is 2.44. The maximum absolute atomic E-state index is 12.8. The van der Waals surface area contributed by atoms with Crippen LogP contribution in [0, 0.1) is 0 Å². The summed E-state index contributed by atoms with van der Waals surface area (Å²) in [5.74, 6) is -1.56. The molecule has 1 saturated heterocycles. The molecule has 0 radical (unpaired) electrons. The average Bonchev–Trinajstić information content (AvgIpc) is 3.54. The van der Waals surface area contributed by atoms with Crippen molar-refractivity contribution in [3.8, 4) is 11.1 Å². The topological polar surface area (TPSA) is 109 Å². The number of carbonyl (C=O) groups is 3. The lowest BCUT2D eigenvalue weighted by atomic mass is 9.98. The van der Waals surface area contributed by atoms with Crippen LogP contribution in [0.1, 0.15) is 29.9 Å². The number of fused-ring (bicyclic) bond motifs is 3. The summed E-state index contributed by atoms with van der Waals surface area (Å²) < 4.78 is 24.9. The fourth-order valence-corrected chi connectivity index (χ4v) is 4.72. The molecule has 1 aliphatic heterocycles. The first-order chi connectivity index (χ1) is 19.2. The van der Waals surface area contributed by atoms with Gasteiger partial charge in [0, 0.05) is 12.3 Å². The molecule has 1 aliphatic carbocycles. The molecule has 1 N–H and O–H groups in total. The quantitative estimate of drug-likeness (QED) is 0.162. The molecule has 2 aromatic carbocycles. The molecule has 9 nitrogen and oxygen atoms in total. The Hall–Kier alpha value is -2.82. The molecule has 0 saturated carbocycles. The number of alkyl carbamates (subject to hydrolysis) is 1. The van der Waals surface area contributed by atoms with Crippen LogP contribution < -0.4 is 5.32 Å².